The molecule has 2 atom stereocenters. The number of guanidine groups is 1. The van der Waals surface area contributed by atoms with E-state index in [0.29, 0.717) is 12.6 Å². The number of pyridine rings is 1. The summed E-state index contributed by atoms with van der Waals surface area (Å²) in [6.45, 7) is 5.96. The van der Waals surface area contributed by atoms with Crippen molar-refractivity contribution in [1.82, 2.24) is 15.6 Å². The van der Waals surface area contributed by atoms with Crippen LogP contribution in [0.25, 0.3) is 0 Å². The third kappa shape index (κ3) is 5.53. The van der Waals surface area contributed by atoms with Gasteiger partial charge in [0.25, 0.3) is 0 Å². The first-order valence-corrected chi connectivity index (χ1v) is 11.3. The van der Waals surface area contributed by atoms with Gasteiger partial charge in [0.1, 0.15) is 5.82 Å². The number of hydrogen-bond acceptors (Lipinski definition) is 4. The molecule has 5 nitrogen and oxygen atoms in total. The van der Waals surface area contributed by atoms with Crippen LogP contribution >= 0.6 is 11.8 Å². The van der Waals surface area contributed by atoms with Crippen molar-refractivity contribution in [2.45, 2.75) is 63.3 Å². The average Bonchev–Trinajstić information content (AvgIpc) is 3.15. The topological polar surface area (TPSA) is 52.6 Å². The molecule has 2 fully saturated rings. The summed E-state index contributed by atoms with van der Waals surface area (Å²) < 4.78 is 0. The van der Waals surface area contributed by atoms with Gasteiger partial charge in [-0.3, -0.25) is 0 Å². The lowest BCUT2D eigenvalue weighted by atomic mass is 10.1. The maximum Gasteiger partial charge on any atom is 0.191 e. The highest BCUT2D eigenvalue weighted by Gasteiger charge is 2.24. The van der Waals surface area contributed by atoms with Gasteiger partial charge < -0.3 is 15.5 Å². The van der Waals surface area contributed by atoms with Crippen LogP contribution in [0.5, 0.6) is 0 Å². The number of rotatable bonds is 6. The molecular formula is C20H33N5S. The van der Waals surface area contributed by atoms with Gasteiger partial charge in [-0.25, -0.2) is 9.98 Å². The second kappa shape index (κ2) is 10.0. The number of aromatic nitrogens is 1. The molecule has 3 rings (SSSR count). The van der Waals surface area contributed by atoms with Crippen LogP contribution in [0, 0.1) is 0 Å². The summed E-state index contributed by atoms with van der Waals surface area (Å²) in [6.07, 6.45) is 11.8. The number of piperidine rings is 1. The Morgan fingerprint density at radius 1 is 1.31 bits per heavy atom. The largest absolute Gasteiger partial charge is 0.357 e. The molecule has 6 heteroatoms. The van der Waals surface area contributed by atoms with E-state index in [1.807, 2.05) is 18.0 Å². The zero-order chi connectivity index (χ0) is 18.2. The summed E-state index contributed by atoms with van der Waals surface area (Å²) in [5.74, 6) is 2.05. The predicted octanol–water partition coefficient (Wildman–Crippen LogP) is 3.41. The van der Waals surface area contributed by atoms with Crippen LogP contribution in [0.4, 0.5) is 5.82 Å². The normalized spacial score (nSPS) is 23.9. The summed E-state index contributed by atoms with van der Waals surface area (Å²) >= 11 is 1.99. The van der Waals surface area contributed by atoms with Crippen LogP contribution in [-0.4, -0.2) is 48.1 Å². The smallest absolute Gasteiger partial charge is 0.191 e. The van der Waals surface area contributed by atoms with Gasteiger partial charge in [0, 0.05) is 37.1 Å². The first-order valence-electron chi connectivity index (χ1n) is 10.1. The van der Waals surface area contributed by atoms with Gasteiger partial charge in [-0.15, -0.1) is 0 Å². The third-order valence-electron chi connectivity index (χ3n) is 5.31. The molecule has 1 aliphatic heterocycles. The molecule has 0 bridgehead atoms. The Bertz CT molecular complexity index is 585. The second-order valence-electron chi connectivity index (χ2n) is 7.28. The van der Waals surface area contributed by atoms with Crippen molar-refractivity contribution in [2.75, 3.05) is 30.8 Å². The zero-order valence-electron chi connectivity index (χ0n) is 16.2. The van der Waals surface area contributed by atoms with E-state index in [9.17, 15) is 0 Å². The molecule has 0 aromatic carbocycles. The maximum atomic E-state index is 4.83. The molecule has 2 unspecified atom stereocenters. The lowest BCUT2D eigenvalue weighted by molar-refractivity contribution is 0.573. The lowest BCUT2D eigenvalue weighted by Crippen LogP contribution is -2.42. The van der Waals surface area contributed by atoms with Crippen molar-refractivity contribution < 1.29 is 0 Å². The van der Waals surface area contributed by atoms with Gasteiger partial charge in [-0.2, -0.15) is 11.8 Å². The quantitative estimate of drug-likeness (QED) is 0.589. The molecule has 1 saturated carbocycles. The minimum Gasteiger partial charge on any atom is -0.357 e. The highest BCUT2D eigenvalue weighted by molar-refractivity contribution is 7.99. The molecule has 26 heavy (non-hydrogen) atoms. The van der Waals surface area contributed by atoms with Crippen LogP contribution in [0.15, 0.2) is 23.3 Å². The minimum atomic E-state index is 0.548. The summed E-state index contributed by atoms with van der Waals surface area (Å²) in [5, 5.41) is 7.82. The molecule has 1 aliphatic carbocycles. The van der Waals surface area contributed by atoms with Crippen LogP contribution in [0.2, 0.25) is 0 Å². The molecule has 2 heterocycles. The van der Waals surface area contributed by atoms with Gasteiger partial charge in [-0.05, 0) is 69.4 Å². The van der Waals surface area contributed by atoms with Crippen LogP contribution < -0.4 is 15.5 Å². The fourth-order valence-electron chi connectivity index (χ4n) is 3.82. The van der Waals surface area contributed by atoms with E-state index in [0.717, 1.165) is 36.7 Å². The summed E-state index contributed by atoms with van der Waals surface area (Å²) in [7, 11) is 0. The number of nitrogens with one attached hydrogen (secondary N) is 2. The Labute approximate surface area is 162 Å². The van der Waals surface area contributed by atoms with E-state index >= 15 is 0 Å². The van der Waals surface area contributed by atoms with Crippen molar-refractivity contribution in [1.29, 1.82) is 0 Å². The molecule has 0 spiro atoms. The average molecular weight is 376 g/mol. The molecule has 0 amide bonds. The SMILES string of the molecule is CCNC(=NCc1ccnc(N2CCCCC2)c1)NC1CCC(SC)C1. The molecular weight excluding hydrogens is 342 g/mol. The van der Waals surface area contributed by atoms with Gasteiger partial charge in [0.05, 0.1) is 6.54 Å². The number of thioether (sulfide) groups is 1. The Kier molecular flexibility index (Phi) is 7.47. The molecule has 1 aromatic heterocycles. The van der Waals surface area contributed by atoms with Crippen molar-refractivity contribution >= 4 is 23.5 Å². The zero-order valence-corrected chi connectivity index (χ0v) is 17.0. The molecule has 2 N–H and O–H groups in total. The van der Waals surface area contributed by atoms with Crippen LogP contribution in [-0.2, 0) is 6.54 Å². The van der Waals surface area contributed by atoms with Crippen LogP contribution in [0.3, 0.4) is 0 Å². The second-order valence-corrected chi connectivity index (χ2v) is 8.42. The van der Waals surface area contributed by atoms with Gasteiger partial charge >= 0.3 is 0 Å². The molecule has 1 saturated heterocycles. The maximum absolute atomic E-state index is 4.83. The Morgan fingerprint density at radius 3 is 2.88 bits per heavy atom. The summed E-state index contributed by atoms with van der Waals surface area (Å²) in [6, 6.07) is 4.84. The van der Waals surface area contributed by atoms with Gasteiger partial charge in [0.2, 0.25) is 0 Å². The van der Waals surface area contributed by atoms with E-state index in [1.54, 1.807) is 0 Å². The predicted molar refractivity (Wildman–Crippen MR) is 113 cm³/mol. The van der Waals surface area contributed by atoms with E-state index < -0.39 is 0 Å². The van der Waals surface area contributed by atoms with Crippen LogP contribution in [0.1, 0.15) is 51.0 Å². The standard InChI is InChI=1S/C20H33N5S/c1-3-21-20(24-17-7-8-18(14-17)26-2)23-15-16-9-10-22-19(13-16)25-11-5-4-6-12-25/h9-10,13,17-18H,3-8,11-12,14-15H2,1-2H3,(H2,21,23,24). The fourth-order valence-corrected chi connectivity index (χ4v) is 4.62. The lowest BCUT2D eigenvalue weighted by Gasteiger charge is -2.27. The van der Waals surface area contributed by atoms with E-state index in [4.69, 9.17) is 4.99 Å². The molecule has 2 aliphatic rings. The van der Waals surface area contributed by atoms with E-state index in [1.165, 1.54) is 44.1 Å². The molecule has 144 valence electrons. The number of aliphatic imine (C=N–C) groups is 1. The Hall–Kier alpha value is -1.43. The monoisotopic (exact) mass is 375 g/mol. The molecule has 0 radical (unpaired) electrons. The Morgan fingerprint density at radius 2 is 2.15 bits per heavy atom. The first-order chi connectivity index (χ1) is 12.8. The van der Waals surface area contributed by atoms with Crippen molar-refractivity contribution in [3.8, 4) is 0 Å². The van der Waals surface area contributed by atoms with E-state index in [2.05, 4.69) is 45.8 Å². The number of anilines is 1. The van der Waals surface area contributed by atoms with Gasteiger partial charge in [0.15, 0.2) is 5.96 Å². The number of hydrogen-bond donors (Lipinski definition) is 2. The fraction of sp³-hybridized carbons (Fsp3) is 0.700. The van der Waals surface area contributed by atoms with Gasteiger partial charge in [-0.1, -0.05) is 0 Å². The molecule has 1 aromatic rings. The number of nitrogens with zero attached hydrogens (tertiary/aromatic N) is 3. The summed E-state index contributed by atoms with van der Waals surface area (Å²) in [4.78, 5) is 11.8. The summed E-state index contributed by atoms with van der Waals surface area (Å²) in [5.41, 5.74) is 1.23. The highest BCUT2D eigenvalue weighted by Crippen LogP contribution is 2.28. The van der Waals surface area contributed by atoms with Crippen molar-refractivity contribution in [3.63, 3.8) is 0 Å². The third-order valence-corrected chi connectivity index (χ3v) is 6.41. The highest BCUT2D eigenvalue weighted by atomic mass is 32.2. The first kappa shape index (κ1) is 19.3. The van der Waals surface area contributed by atoms with Crippen molar-refractivity contribution in [2.24, 2.45) is 4.99 Å². The minimum absolute atomic E-state index is 0.548. The van der Waals surface area contributed by atoms with Crippen molar-refractivity contribution in [3.05, 3.63) is 23.9 Å². The Balaban J connectivity index is 1.60. The van der Waals surface area contributed by atoms with E-state index in [-0.39, 0.29) is 0 Å².